The van der Waals surface area contributed by atoms with E-state index < -0.39 is 0 Å². The molecule has 144 valence electrons. The van der Waals surface area contributed by atoms with Gasteiger partial charge in [-0.25, -0.2) is 9.59 Å². The van der Waals surface area contributed by atoms with E-state index in [1.54, 1.807) is 11.8 Å². The molecule has 0 unspecified atom stereocenters. The Kier molecular flexibility index (Phi) is 6.01. The van der Waals surface area contributed by atoms with Crippen molar-refractivity contribution >= 4 is 34.0 Å². The van der Waals surface area contributed by atoms with Crippen molar-refractivity contribution in [1.82, 2.24) is 4.90 Å². The maximum Gasteiger partial charge on any atom is 0.341 e. The number of hydrogen-bond acceptors (Lipinski definition) is 5. The van der Waals surface area contributed by atoms with Crippen LogP contribution in [0.4, 0.5) is 15.5 Å². The van der Waals surface area contributed by atoms with E-state index in [1.807, 2.05) is 32.0 Å². The second-order valence-electron chi connectivity index (χ2n) is 6.45. The Hall–Kier alpha value is -2.54. The molecule has 6 nitrogen and oxygen atoms in total. The number of carbonyl (C=O) groups excluding carboxylic acids is 2. The van der Waals surface area contributed by atoms with Gasteiger partial charge in [0.25, 0.3) is 0 Å². The van der Waals surface area contributed by atoms with E-state index in [4.69, 9.17) is 4.74 Å². The third-order valence-electron chi connectivity index (χ3n) is 4.77. The number of urea groups is 1. The maximum atomic E-state index is 12.7. The van der Waals surface area contributed by atoms with E-state index in [-0.39, 0.29) is 12.0 Å². The predicted octanol–water partition coefficient (Wildman–Crippen LogP) is 3.90. The van der Waals surface area contributed by atoms with Gasteiger partial charge in [-0.15, -0.1) is 11.3 Å². The molecule has 0 spiro atoms. The van der Waals surface area contributed by atoms with Crippen LogP contribution in [-0.2, 0) is 4.74 Å². The largest absolute Gasteiger partial charge is 0.462 e. The smallest absolute Gasteiger partial charge is 0.341 e. The Morgan fingerprint density at radius 1 is 1.11 bits per heavy atom. The zero-order valence-corrected chi connectivity index (χ0v) is 16.8. The average molecular weight is 388 g/mol. The number of esters is 1. The molecule has 2 aromatic rings. The summed E-state index contributed by atoms with van der Waals surface area (Å²) in [5.41, 5.74) is 2.50. The molecule has 0 radical (unpaired) electrons. The predicted molar refractivity (Wildman–Crippen MR) is 109 cm³/mol. The van der Waals surface area contributed by atoms with Gasteiger partial charge >= 0.3 is 12.0 Å². The molecule has 1 fully saturated rings. The minimum Gasteiger partial charge on any atom is -0.462 e. The van der Waals surface area contributed by atoms with Crippen molar-refractivity contribution in [1.29, 1.82) is 0 Å². The molecule has 2 amide bonds. The molecule has 0 bridgehead atoms. The number of anilines is 2. The van der Waals surface area contributed by atoms with Gasteiger partial charge in [0.2, 0.25) is 0 Å². The zero-order chi connectivity index (χ0) is 19.4. The molecule has 0 saturated carbocycles. The van der Waals surface area contributed by atoms with Crippen LogP contribution in [0.15, 0.2) is 30.3 Å². The van der Waals surface area contributed by atoms with Gasteiger partial charge in [0.05, 0.1) is 12.2 Å². The van der Waals surface area contributed by atoms with Gasteiger partial charge in [0.15, 0.2) is 0 Å². The number of hydrogen-bond donors (Lipinski definition) is 1. The molecule has 2 heterocycles. The molecule has 1 aromatic heterocycles. The van der Waals surface area contributed by atoms with E-state index in [2.05, 4.69) is 22.3 Å². The van der Waals surface area contributed by atoms with Crippen molar-refractivity contribution < 1.29 is 14.3 Å². The maximum absolute atomic E-state index is 12.7. The summed E-state index contributed by atoms with van der Waals surface area (Å²) in [6.45, 7) is 8.75. The van der Waals surface area contributed by atoms with Crippen molar-refractivity contribution in [2.75, 3.05) is 43.0 Å². The Bertz CT molecular complexity index is 811. The SMILES string of the molecule is CCOC(=O)c1c(NC(=O)N2CCN(c3ccccc3)CC2)sc(C)c1C. The second-order valence-corrected chi connectivity index (χ2v) is 7.67. The van der Waals surface area contributed by atoms with Gasteiger partial charge in [-0.3, -0.25) is 5.32 Å². The Morgan fingerprint density at radius 3 is 2.41 bits per heavy atom. The minimum atomic E-state index is -0.386. The highest BCUT2D eigenvalue weighted by Crippen LogP contribution is 2.33. The van der Waals surface area contributed by atoms with Gasteiger partial charge in [-0.05, 0) is 38.5 Å². The molecule has 1 N–H and O–H groups in total. The van der Waals surface area contributed by atoms with E-state index in [0.29, 0.717) is 30.3 Å². The Morgan fingerprint density at radius 2 is 1.78 bits per heavy atom. The van der Waals surface area contributed by atoms with Crippen molar-refractivity contribution in [3.8, 4) is 0 Å². The summed E-state index contributed by atoms with van der Waals surface area (Å²) in [6, 6.07) is 10.0. The molecule has 7 heteroatoms. The van der Waals surface area contributed by atoms with Crippen LogP contribution in [0.3, 0.4) is 0 Å². The van der Waals surface area contributed by atoms with Gasteiger partial charge in [-0.1, -0.05) is 18.2 Å². The number of amides is 2. The summed E-state index contributed by atoms with van der Waals surface area (Å²) in [7, 11) is 0. The van der Waals surface area contributed by atoms with Crippen molar-refractivity contribution in [3.05, 3.63) is 46.3 Å². The number of aryl methyl sites for hydroxylation is 1. The number of nitrogens with one attached hydrogen (secondary N) is 1. The molecule has 3 rings (SSSR count). The van der Waals surface area contributed by atoms with E-state index in [9.17, 15) is 9.59 Å². The van der Waals surface area contributed by atoms with E-state index in [1.165, 1.54) is 17.0 Å². The first-order valence-electron chi connectivity index (χ1n) is 9.14. The summed E-state index contributed by atoms with van der Waals surface area (Å²) < 4.78 is 5.15. The molecular formula is C20H25N3O3S. The Balaban J connectivity index is 1.65. The highest BCUT2D eigenvalue weighted by atomic mass is 32.1. The molecule has 1 aliphatic rings. The molecule has 1 aliphatic heterocycles. The lowest BCUT2D eigenvalue weighted by Gasteiger charge is -2.36. The van der Waals surface area contributed by atoms with Crippen LogP contribution in [-0.4, -0.2) is 49.7 Å². The molecule has 27 heavy (non-hydrogen) atoms. The number of nitrogens with zero attached hydrogens (tertiary/aromatic N) is 2. The van der Waals surface area contributed by atoms with Crippen LogP contribution in [0.1, 0.15) is 27.7 Å². The first-order chi connectivity index (χ1) is 13.0. The van der Waals surface area contributed by atoms with E-state index in [0.717, 1.165) is 23.5 Å². The molecular weight excluding hydrogens is 362 g/mol. The standard InChI is InChI=1S/C20H25N3O3S/c1-4-26-19(24)17-14(2)15(3)27-18(17)21-20(25)23-12-10-22(11-13-23)16-8-6-5-7-9-16/h5-9H,4,10-13H2,1-3H3,(H,21,25). The fourth-order valence-corrected chi connectivity index (χ4v) is 4.18. The second kappa shape index (κ2) is 8.43. The lowest BCUT2D eigenvalue weighted by Crippen LogP contribution is -2.50. The number of piperazine rings is 1. The minimum absolute atomic E-state index is 0.172. The number of thiophene rings is 1. The van der Waals surface area contributed by atoms with Crippen molar-refractivity contribution in [3.63, 3.8) is 0 Å². The van der Waals surface area contributed by atoms with Crippen LogP contribution in [0, 0.1) is 13.8 Å². The Labute approximate surface area is 163 Å². The molecule has 0 atom stereocenters. The lowest BCUT2D eigenvalue weighted by molar-refractivity contribution is 0.0527. The molecule has 1 saturated heterocycles. The number of ether oxygens (including phenoxy) is 1. The van der Waals surface area contributed by atoms with Crippen LogP contribution in [0.25, 0.3) is 0 Å². The van der Waals surface area contributed by atoms with Crippen LogP contribution in [0.5, 0.6) is 0 Å². The first-order valence-corrected chi connectivity index (χ1v) is 9.96. The summed E-state index contributed by atoms with van der Waals surface area (Å²) >= 11 is 1.42. The van der Waals surface area contributed by atoms with E-state index >= 15 is 0 Å². The fourth-order valence-electron chi connectivity index (χ4n) is 3.15. The molecule has 1 aromatic carbocycles. The third kappa shape index (κ3) is 4.24. The zero-order valence-electron chi connectivity index (χ0n) is 15.9. The van der Waals surface area contributed by atoms with Crippen LogP contribution in [0.2, 0.25) is 0 Å². The summed E-state index contributed by atoms with van der Waals surface area (Å²) in [5.74, 6) is -0.386. The number of para-hydroxylation sites is 1. The van der Waals surface area contributed by atoms with Crippen molar-refractivity contribution in [2.45, 2.75) is 20.8 Å². The highest BCUT2D eigenvalue weighted by Gasteiger charge is 2.25. The monoisotopic (exact) mass is 387 g/mol. The van der Waals surface area contributed by atoms with Gasteiger partial charge in [0, 0.05) is 36.7 Å². The molecule has 0 aliphatic carbocycles. The summed E-state index contributed by atoms with van der Waals surface area (Å²) in [6.07, 6.45) is 0. The van der Waals surface area contributed by atoms with Gasteiger partial charge < -0.3 is 14.5 Å². The van der Waals surface area contributed by atoms with Crippen molar-refractivity contribution in [2.24, 2.45) is 0 Å². The average Bonchev–Trinajstić information content (AvgIpc) is 2.96. The van der Waals surface area contributed by atoms with Gasteiger partial charge in [-0.2, -0.15) is 0 Å². The highest BCUT2D eigenvalue weighted by molar-refractivity contribution is 7.16. The lowest BCUT2D eigenvalue weighted by atomic mass is 10.1. The number of rotatable bonds is 4. The summed E-state index contributed by atoms with van der Waals surface area (Å²) in [4.78, 5) is 30.0. The van der Waals surface area contributed by atoms with Crippen LogP contribution >= 0.6 is 11.3 Å². The number of carbonyl (C=O) groups is 2. The topological polar surface area (TPSA) is 61.9 Å². The van der Waals surface area contributed by atoms with Crippen LogP contribution < -0.4 is 10.2 Å². The normalized spacial score (nSPS) is 14.2. The summed E-state index contributed by atoms with van der Waals surface area (Å²) in [5, 5.41) is 3.49. The first kappa shape index (κ1) is 19.2. The van der Waals surface area contributed by atoms with Gasteiger partial charge in [0.1, 0.15) is 5.00 Å². The third-order valence-corrected chi connectivity index (χ3v) is 5.90. The quantitative estimate of drug-likeness (QED) is 0.809. The fraction of sp³-hybridized carbons (Fsp3) is 0.400. The number of benzene rings is 1.